The van der Waals surface area contributed by atoms with Crippen molar-refractivity contribution in [3.8, 4) is 0 Å². The first kappa shape index (κ1) is 11.6. The van der Waals surface area contributed by atoms with E-state index < -0.39 is 0 Å². The van der Waals surface area contributed by atoms with Gasteiger partial charge in [0, 0.05) is 12.4 Å². The normalized spacial score (nSPS) is 23.1. The maximum absolute atomic E-state index is 12.2. The molecule has 0 radical (unpaired) electrons. The molecule has 3 aromatic rings. The molecule has 104 valence electrons. The van der Waals surface area contributed by atoms with Gasteiger partial charge in [-0.2, -0.15) is 0 Å². The van der Waals surface area contributed by atoms with Gasteiger partial charge in [0.2, 0.25) is 5.78 Å². The molecule has 20 heavy (non-hydrogen) atoms. The van der Waals surface area contributed by atoms with E-state index in [0.717, 1.165) is 12.8 Å². The molecular formula is C12H13N5O3. The average molecular weight is 275 g/mol. The molecule has 8 nitrogen and oxygen atoms in total. The zero-order valence-electron chi connectivity index (χ0n) is 10.6. The van der Waals surface area contributed by atoms with E-state index in [1.807, 2.05) is 0 Å². The number of aromatic amines is 1. The highest BCUT2D eigenvalue weighted by atomic mass is 16.5. The van der Waals surface area contributed by atoms with E-state index in [9.17, 15) is 4.79 Å². The minimum atomic E-state index is -0.217. The molecule has 0 amide bonds. The standard InChI is InChI=1S/C12H13N5O3/c18-5-7-1-2-8(20-7)17-6-14-9-10(17)15-12-13-3-4-16(12)11(9)19/h3-4,6-8,18H,1-2,5H2,(H,13,15). The monoisotopic (exact) mass is 275 g/mol. The molecule has 0 aliphatic carbocycles. The van der Waals surface area contributed by atoms with Gasteiger partial charge in [0.1, 0.15) is 11.9 Å². The molecular weight excluding hydrogens is 262 g/mol. The van der Waals surface area contributed by atoms with Crippen molar-refractivity contribution in [2.24, 2.45) is 0 Å². The second-order valence-electron chi connectivity index (χ2n) is 4.87. The van der Waals surface area contributed by atoms with Gasteiger partial charge < -0.3 is 14.8 Å². The van der Waals surface area contributed by atoms with Crippen molar-refractivity contribution in [3.05, 3.63) is 29.1 Å². The molecule has 0 bridgehead atoms. The van der Waals surface area contributed by atoms with E-state index in [4.69, 9.17) is 9.84 Å². The number of aliphatic hydroxyl groups excluding tert-OH is 1. The number of aromatic nitrogens is 5. The highest BCUT2D eigenvalue weighted by Crippen LogP contribution is 2.29. The van der Waals surface area contributed by atoms with Gasteiger partial charge in [0.15, 0.2) is 5.52 Å². The number of hydrogen-bond donors (Lipinski definition) is 2. The minimum absolute atomic E-state index is 0.00412. The molecule has 3 aromatic heterocycles. The van der Waals surface area contributed by atoms with Crippen LogP contribution in [0.3, 0.4) is 0 Å². The quantitative estimate of drug-likeness (QED) is 0.688. The van der Waals surface area contributed by atoms with Crippen LogP contribution in [-0.4, -0.2) is 41.7 Å². The number of H-pyrrole nitrogens is 1. The van der Waals surface area contributed by atoms with Crippen LogP contribution in [0.2, 0.25) is 0 Å². The predicted molar refractivity (Wildman–Crippen MR) is 69.3 cm³/mol. The largest absolute Gasteiger partial charge is 0.394 e. The summed E-state index contributed by atoms with van der Waals surface area (Å²) in [7, 11) is 0. The lowest BCUT2D eigenvalue weighted by molar-refractivity contribution is -0.0207. The van der Waals surface area contributed by atoms with Crippen LogP contribution in [0.1, 0.15) is 19.1 Å². The van der Waals surface area contributed by atoms with Gasteiger partial charge in [-0.3, -0.25) is 9.36 Å². The molecule has 1 fully saturated rings. The second kappa shape index (κ2) is 4.15. The molecule has 0 saturated carbocycles. The number of hydrogen-bond acceptors (Lipinski definition) is 5. The van der Waals surface area contributed by atoms with Crippen molar-refractivity contribution in [3.63, 3.8) is 0 Å². The lowest BCUT2D eigenvalue weighted by atomic mass is 10.2. The number of fused-ring (bicyclic) bond motifs is 2. The molecule has 4 heterocycles. The first-order chi connectivity index (χ1) is 9.78. The summed E-state index contributed by atoms with van der Waals surface area (Å²) in [6.45, 7) is 0.00412. The SMILES string of the molecule is O=c1c2ncn(C3CCC(CO)O3)c2[nH]c2nccn12. The molecule has 8 heteroatoms. The Morgan fingerprint density at radius 2 is 2.35 bits per heavy atom. The fourth-order valence-corrected chi connectivity index (χ4v) is 2.67. The van der Waals surface area contributed by atoms with Crippen molar-refractivity contribution in [2.75, 3.05) is 6.61 Å². The maximum atomic E-state index is 12.2. The number of rotatable bonds is 2. The number of nitrogens with one attached hydrogen (secondary N) is 1. The van der Waals surface area contributed by atoms with E-state index in [0.29, 0.717) is 16.9 Å². The first-order valence-corrected chi connectivity index (χ1v) is 6.46. The topological polar surface area (TPSA) is 97.4 Å². The van der Waals surface area contributed by atoms with Gasteiger partial charge in [-0.05, 0) is 12.8 Å². The number of imidazole rings is 2. The molecule has 2 unspecified atom stereocenters. The van der Waals surface area contributed by atoms with Crippen molar-refractivity contribution < 1.29 is 9.84 Å². The highest BCUT2D eigenvalue weighted by molar-refractivity contribution is 5.71. The van der Waals surface area contributed by atoms with Crippen molar-refractivity contribution in [2.45, 2.75) is 25.2 Å². The maximum Gasteiger partial charge on any atom is 0.287 e. The van der Waals surface area contributed by atoms with Crippen LogP contribution >= 0.6 is 0 Å². The van der Waals surface area contributed by atoms with Crippen LogP contribution in [0.4, 0.5) is 0 Å². The van der Waals surface area contributed by atoms with Gasteiger partial charge in [-0.15, -0.1) is 0 Å². The summed E-state index contributed by atoms with van der Waals surface area (Å²) in [5.41, 5.74) is 0.741. The van der Waals surface area contributed by atoms with Gasteiger partial charge in [0.25, 0.3) is 5.56 Å². The van der Waals surface area contributed by atoms with Gasteiger partial charge in [-0.25, -0.2) is 14.4 Å². The molecule has 1 aliphatic rings. The molecule has 2 atom stereocenters. The van der Waals surface area contributed by atoms with Crippen LogP contribution in [0.25, 0.3) is 16.9 Å². The molecule has 1 aliphatic heterocycles. The Kier molecular flexibility index (Phi) is 2.41. The summed E-state index contributed by atoms with van der Waals surface area (Å²) in [5.74, 6) is 0.473. The Morgan fingerprint density at radius 1 is 1.45 bits per heavy atom. The Balaban J connectivity index is 1.89. The fraction of sp³-hybridized carbons (Fsp3) is 0.417. The Labute approximate surface area is 112 Å². The average Bonchev–Trinajstić information content (AvgIpc) is 3.17. The number of aliphatic hydroxyl groups is 1. The van der Waals surface area contributed by atoms with E-state index in [1.165, 1.54) is 4.40 Å². The van der Waals surface area contributed by atoms with Gasteiger partial charge >= 0.3 is 0 Å². The van der Waals surface area contributed by atoms with Crippen LogP contribution < -0.4 is 5.56 Å². The van der Waals surface area contributed by atoms with E-state index in [-0.39, 0.29) is 24.5 Å². The highest BCUT2D eigenvalue weighted by Gasteiger charge is 2.27. The summed E-state index contributed by atoms with van der Waals surface area (Å²) >= 11 is 0. The summed E-state index contributed by atoms with van der Waals surface area (Å²) < 4.78 is 8.94. The predicted octanol–water partition coefficient (Wildman–Crippen LogP) is 0.0422. The number of ether oxygens (including phenoxy) is 1. The van der Waals surface area contributed by atoms with Crippen LogP contribution in [0.15, 0.2) is 23.5 Å². The summed E-state index contributed by atoms with van der Waals surface area (Å²) in [6, 6.07) is 0. The van der Waals surface area contributed by atoms with Crippen LogP contribution in [0, 0.1) is 0 Å². The lowest BCUT2D eigenvalue weighted by Crippen LogP contribution is -2.16. The smallest absolute Gasteiger partial charge is 0.287 e. The number of nitrogens with zero attached hydrogens (tertiary/aromatic N) is 4. The third kappa shape index (κ3) is 1.52. The zero-order chi connectivity index (χ0) is 13.7. The van der Waals surface area contributed by atoms with Crippen LogP contribution in [0.5, 0.6) is 0 Å². The van der Waals surface area contributed by atoms with Crippen molar-refractivity contribution >= 4 is 16.9 Å². The molecule has 2 N–H and O–H groups in total. The fourth-order valence-electron chi connectivity index (χ4n) is 2.67. The summed E-state index contributed by atoms with van der Waals surface area (Å²) in [5, 5.41) is 9.13. The van der Waals surface area contributed by atoms with Gasteiger partial charge in [0.05, 0.1) is 19.0 Å². The molecule has 4 rings (SSSR count). The van der Waals surface area contributed by atoms with Gasteiger partial charge in [-0.1, -0.05) is 0 Å². The third-order valence-corrected chi connectivity index (χ3v) is 3.69. The lowest BCUT2D eigenvalue weighted by Gasteiger charge is -2.14. The Bertz CT molecular complexity index is 832. The van der Waals surface area contributed by atoms with E-state index in [1.54, 1.807) is 23.3 Å². The summed E-state index contributed by atoms with van der Waals surface area (Å²) in [4.78, 5) is 23.6. The molecule has 0 aromatic carbocycles. The minimum Gasteiger partial charge on any atom is -0.394 e. The van der Waals surface area contributed by atoms with Crippen molar-refractivity contribution in [1.29, 1.82) is 0 Å². The Morgan fingerprint density at radius 3 is 3.15 bits per heavy atom. The molecule has 1 saturated heterocycles. The second-order valence-corrected chi connectivity index (χ2v) is 4.87. The molecule has 0 spiro atoms. The van der Waals surface area contributed by atoms with Crippen LogP contribution in [-0.2, 0) is 4.74 Å². The summed E-state index contributed by atoms with van der Waals surface area (Å²) in [6.07, 6.45) is 5.94. The Hall–Kier alpha value is -2.19. The zero-order valence-corrected chi connectivity index (χ0v) is 10.6. The van der Waals surface area contributed by atoms with Crippen molar-refractivity contribution in [1.82, 2.24) is 23.9 Å². The van der Waals surface area contributed by atoms with E-state index >= 15 is 0 Å². The van der Waals surface area contributed by atoms with E-state index in [2.05, 4.69) is 15.0 Å². The third-order valence-electron chi connectivity index (χ3n) is 3.69. The first-order valence-electron chi connectivity index (χ1n) is 6.46.